The second-order valence-electron chi connectivity index (χ2n) is 5.24. The zero-order chi connectivity index (χ0) is 16.4. The summed E-state index contributed by atoms with van der Waals surface area (Å²) in [5.41, 5.74) is 1.23. The summed E-state index contributed by atoms with van der Waals surface area (Å²) in [6.45, 7) is 4.40. The normalized spacial score (nSPS) is 11.4. The molecule has 0 aliphatic heterocycles. The maximum Gasteiger partial charge on any atom is 0.305 e. The highest BCUT2D eigenvalue weighted by Crippen LogP contribution is 2.04. The van der Waals surface area contributed by atoms with Crippen LogP contribution in [-0.2, 0) is 23.1 Å². The fourth-order valence-electron chi connectivity index (χ4n) is 2.12. The first-order valence-corrected chi connectivity index (χ1v) is 7.75. The molecule has 1 aromatic heterocycles. The van der Waals surface area contributed by atoms with Gasteiger partial charge in [-0.3, -0.25) is 9.79 Å². The lowest BCUT2D eigenvalue weighted by atomic mass is 10.2. The van der Waals surface area contributed by atoms with Crippen LogP contribution in [0, 0.1) is 0 Å². The van der Waals surface area contributed by atoms with Gasteiger partial charge in [0.15, 0.2) is 5.96 Å². The molecular formula is C16H28N4O2. The Morgan fingerprint density at radius 2 is 2.23 bits per heavy atom. The molecule has 0 saturated heterocycles. The number of nitrogens with zero attached hydrogens (tertiary/aromatic N) is 3. The molecule has 0 atom stereocenters. The van der Waals surface area contributed by atoms with E-state index in [2.05, 4.69) is 37.5 Å². The van der Waals surface area contributed by atoms with E-state index in [1.54, 1.807) is 0 Å². The molecule has 1 aromatic rings. The number of hydrogen-bond donors (Lipinski definition) is 1. The number of methoxy groups -OCH3 is 1. The number of hydrogen-bond acceptors (Lipinski definition) is 3. The lowest BCUT2D eigenvalue weighted by molar-refractivity contribution is -0.140. The molecule has 0 fully saturated rings. The molecule has 0 unspecified atom stereocenters. The van der Waals surface area contributed by atoms with E-state index in [1.807, 2.05) is 26.4 Å². The van der Waals surface area contributed by atoms with Crippen molar-refractivity contribution in [3.05, 3.63) is 24.0 Å². The Balaban J connectivity index is 2.47. The third kappa shape index (κ3) is 6.20. The molecule has 0 saturated carbocycles. The van der Waals surface area contributed by atoms with Crippen molar-refractivity contribution in [1.82, 2.24) is 14.8 Å². The molecule has 0 aromatic carbocycles. The summed E-state index contributed by atoms with van der Waals surface area (Å²) in [6, 6.07) is 4.15. The second kappa shape index (κ2) is 9.87. The quantitative estimate of drug-likeness (QED) is 0.344. The number of esters is 1. The van der Waals surface area contributed by atoms with Gasteiger partial charge in [-0.25, -0.2) is 0 Å². The average molecular weight is 308 g/mol. The van der Waals surface area contributed by atoms with Crippen LogP contribution < -0.4 is 5.32 Å². The van der Waals surface area contributed by atoms with Crippen molar-refractivity contribution in [2.75, 3.05) is 27.2 Å². The maximum absolute atomic E-state index is 11.0. The minimum absolute atomic E-state index is 0.156. The minimum Gasteiger partial charge on any atom is -0.469 e. The predicted octanol–water partition coefficient (Wildman–Crippen LogP) is 1.77. The van der Waals surface area contributed by atoms with Crippen LogP contribution in [0.15, 0.2) is 23.3 Å². The van der Waals surface area contributed by atoms with Gasteiger partial charge in [-0.1, -0.05) is 0 Å². The highest BCUT2D eigenvalue weighted by molar-refractivity contribution is 5.79. The van der Waals surface area contributed by atoms with E-state index in [0.29, 0.717) is 13.0 Å². The summed E-state index contributed by atoms with van der Waals surface area (Å²) >= 11 is 0. The van der Waals surface area contributed by atoms with Crippen molar-refractivity contribution in [3.63, 3.8) is 0 Å². The van der Waals surface area contributed by atoms with Gasteiger partial charge in [0, 0.05) is 45.5 Å². The van der Waals surface area contributed by atoms with Crippen LogP contribution in [0.2, 0.25) is 0 Å². The predicted molar refractivity (Wildman–Crippen MR) is 88.7 cm³/mol. The molecule has 1 rings (SSSR count). The van der Waals surface area contributed by atoms with Gasteiger partial charge in [-0.05, 0) is 31.9 Å². The first-order chi connectivity index (χ1) is 10.6. The summed E-state index contributed by atoms with van der Waals surface area (Å²) < 4.78 is 6.73. The number of carbonyl (C=O) groups excluding carboxylic acids is 1. The van der Waals surface area contributed by atoms with Crippen LogP contribution in [0.5, 0.6) is 0 Å². The monoisotopic (exact) mass is 308 g/mol. The van der Waals surface area contributed by atoms with Gasteiger partial charge in [0.2, 0.25) is 0 Å². The minimum atomic E-state index is -0.156. The molecule has 6 heteroatoms. The van der Waals surface area contributed by atoms with E-state index < -0.39 is 0 Å². The molecule has 6 nitrogen and oxygen atoms in total. The Morgan fingerprint density at radius 3 is 2.82 bits per heavy atom. The summed E-state index contributed by atoms with van der Waals surface area (Å²) in [5, 5.41) is 3.30. The Hall–Kier alpha value is -1.98. The number of aryl methyl sites for hydroxylation is 1. The fraction of sp³-hybridized carbons (Fsp3) is 0.625. The second-order valence-corrected chi connectivity index (χ2v) is 5.24. The van der Waals surface area contributed by atoms with Gasteiger partial charge in [0.05, 0.1) is 13.7 Å². The number of unbranched alkanes of at least 4 members (excludes halogenated alkanes) is 1. The van der Waals surface area contributed by atoms with Crippen LogP contribution in [0.3, 0.4) is 0 Å². The average Bonchev–Trinajstić information content (AvgIpc) is 2.90. The number of ether oxygens (including phenoxy) is 1. The van der Waals surface area contributed by atoms with Crippen LogP contribution in [0.25, 0.3) is 0 Å². The van der Waals surface area contributed by atoms with Crippen molar-refractivity contribution in [2.24, 2.45) is 12.0 Å². The van der Waals surface area contributed by atoms with E-state index in [1.165, 1.54) is 12.8 Å². The number of aromatic nitrogens is 1. The first kappa shape index (κ1) is 18.1. The van der Waals surface area contributed by atoms with E-state index in [0.717, 1.165) is 31.9 Å². The van der Waals surface area contributed by atoms with Crippen LogP contribution in [0.4, 0.5) is 0 Å². The number of guanidine groups is 1. The van der Waals surface area contributed by atoms with E-state index in [4.69, 9.17) is 0 Å². The molecule has 0 aliphatic rings. The van der Waals surface area contributed by atoms with Crippen molar-refractivity contribution >= 4 is 11.9 Å². The number of rotatable bonds is 8. The summed E-state index contributed by atoms with van der Waals surface area (Å²) in [4.78, 5) is 17.8. The smallest absolute Gasteiger partial charge is 0.305 e. The van der Waals surface area contributed by atoms with Gasteiger partial charge in [0.25, 0.3) is 0 Å². The van der Waals surface area contributed by atoms with Crippen molar-refractivity contribution in [3.8, 4) is 0 Å². The van der Waals surface area contributed by atoms with Gasteiger partial charge >= 0.3 is 5.97 Å². The lowest BCUT2D eigenvalue weighted by Crippen LogP contribution is -2.38. The first-order valence-electron chi connectivity index (χ1n) is 7.75. The molecule has 0 aliphatic carbocycles. The molecule has 0 radical (unpaired) electrons. The van der Waals surface area contributed by atoms with E-state index in [-0.39, 0.29) is 5.97 Å². The lowest BCUT2D eigenvalue weighted by Gasteiger charge is -2.22. The molecule has 1 heterocycles. The summed E-state index contributed by atoms with van der Waals surface area (Å²) in [7, 11) is 5.49. The van der Waals surface area contributed by atoms with Crippen molar-refractivity contribution in [1.29, 1.82) is 0 Å². The highest BCUT2D eigenvalue weighted by atomic mass is 16.5. The standard InChI is InChI=1S/C16H28N4O2/c1-5-17-16(18-11-7-6-10-15(21)22-4)20(3)13-14-9-8-12-19(14)2/h8-9,12H,5-7,10-11,13H2,1-4H3,(H,17,18). The van der Waals surface area contributed by atoms with Gasteiger partial charge in [0.1, 0.15) is 0 Å². The molecule has 0 bridgehead atoms. The van der Waals surface area contributed by atoms with Gasteiger partial charge in [-0.2, -0.15) is 0 Å². The van der Waals surface area contributed by atoms with Crippen LogP contribution in [-0.4, -0.2) is 48.6 Å². The topological polar surface area (TPSA) is 58.9 Å². The molecule has 124 valence electrons. The maximum atomic E-state index is 11.0. The van der Waals surface area contributed by atoms with Gasteiger partial charge < -0.3 is 19.5 Å². The molecule has 0 spiro atoms. The molecule has 0 amide bonds. The zero-order valence-electron chi connectivity index (χ0n) is 14.1. The van der Waals surface area contributed by atoms with Crippen molar-refractivity contribution in [2.45, 2.75) is 32.7 Å². The fourth-order valence-corrected chi connectivity index (χ4v) is 2.12. The Bertz CT molecular complexity index is 482. The molecule has 22 heavy (non-hydrogen) atoms. The molecular weight excluding hydrogens is 280 g/mol. The third-order valence-corrected chi connectivity index (χ3v) is 3.43. The molecule has 1 N–H and O–H groups in total. The van der Waals surface area contributed by atoms with E-state index in [9.17, 15) is 4.79 Å². The SMILES string of the molecule is CCNC(=NCCCCC(=O)OC)N(C)Cc1cccn1C. The Labute approximate surface area is 133 Å². The summed E-state index contributed by atoms with van der Waals surface area (Å²) in [5.74, 6) is 0.735. The number of nitrogens with one attached hydrogen (secondary N) is 1. The number of carbonyl (C=O) groups is 1. The largest absolute Gasteiger partial charge is 0.469 e. The van der Waals surface area contributed by atoms with Crippen molar-refractivity contribution < 1.29 is 9.53 Å². The third-order valence-electron chi connectivity index (χ3n) is 3.43. The summed E-state index contributed by atoms with van der Waals surface area (Å²) in [6.07, 6.45) is 4.18. The Kier molecular flexibility index (Phi) is 8.10. The Morgan fingerprint density at radius 1 is 1.45 bits per heavy atom. The van der Waals surface area contributed by atoms with Gasteiger partial charge in [-0.15, -0.1) is 0 Å². The van der Waals surface area contributed by atoms with Crippen LogP contribution >= 0.6 is 0 Å². The highest BCUT2D eigenvalue weighted by Gasteiger charge is 2.08. The number of aliphatic imine (C=N–C) groups is 1. The van der Waals surface area contributed by atoms with E-state index >= 15 is 0 Å². The zero-order valence-corrected chi connectivity index (χ0v) is 14.1. The van der Waals surface area contributed by atoms with Crippen LogP contribution in [0.1, 0.15) is 31.9 Å².